The zero-order valence-corrected chi connectivity index (χ0v) is 10.0. The largest absolute Gasteiger partial charge is 0.369 e. The van der Waals surface area contributed by atoms with Crippen LogP contribution in [-0.4, -0.2) is 23.1 Å². The van der Waals surface area contributed by atoms with Gasteiger partial charge in [-0.25, -0.2) is 4.98 Å². The van der Waals surface area contributed by atoms with Gasteiger partial charge in [0.25, 0.3) is 5.56 Å². The van der Waals surface area contributed by atoms with Crippen LogP contribution in [0.15, 0.2) is 17.2 Å². The first kappa shape index (κ1) is 12.1. The molecule has 1 fully saturated rings. The van der Waals surface area contributed by atoms with Gasteiger partial charge in [-0.05, 0) is 24.8 Å². The molecule has 1 saturated carbocycles. The summed E-state index contributed by atoms with van der Waals surface area (Å²) in [6.45, 7) is 1.50. The monoisotopic (exact) mass is 236 g/mol. The third-order valence-electron chi connectivity index (χ3n) is 3.67. The summed E-state index contributed by atoms with van der Waals surface area (Å²) in [4.78, 5) is 17.7. The van der Waals surface area contributed by atoms with Crippen LogP contribution in [0.1, 0.15) is 32.1 Å². The molecule has 5 heteroatoms. The van der Waals surface area contributed by atoms with Crippen molar-refractivity contribution in [2.24, 2.45) is 11.1 Å². The molecule has 0 unspecified atom stereocenters. The molecule has 0 saturated heterocycles. The molecule has 0 bridgehead atoms. The van der Waals surface area contributed by atoms with E-state index in [1.807, 2.05) is 0 Å². The molecule has 2 rings (SSSR count). The highest BCUT2D eigenvalue weighted by Crippen LogP contribution is 2.35. The maximum Gasteiger partial charge on any atom is 0.252 e. The van der Waals surface area contributed by atoms with Gasteiger partial charge in [0.1, 0.15) is 5.82 Å². The Bertz CT molecular complexity index is 409. The SMILES string of the molecule is NCC1(CNc2cc(=O)[nH]cn2)CCCCC1. The summed E-state index contributed by atoms with van der Waals surface area (Å²) >= 11 is 0. The van der Waals surface area contributed by atoms with Gasteiger partial charge in [0, 0.05) is 12.6 Å². The van der Waals surface area contributed by atoms with Gasteiger partial charge < -0.3 is 16.0 Å². The second-order valence-corrected chi connectivity index (χ2v) is 4.91. The fraction of sp³-hybridized carbons (Fsp3) is 0.667. The standard InChI is InChI=1S/C12H20N4O/c13-7-12(4-2-1-3-5-12)8-14-10-6-11(17)16-9-15-10/h6,9H,1-5,7-8,13H2,(H2,14,15,16,17). The molecule has 0 spiro atoms. The molecule has 0 amide bonds. The van der Waals surface area contributed by atoms with E-state index in [1.54, 1.807) is 0 Å². The normalized spacial score (nSPS) is 18.9. The van der Waals surface area contributed by atoms with E-state index in [-0.39, 0.29) is 11.0 Å². The summed E-state index contributed by atoms with van der Waals surface area (Å²) in [6.07, 6.45) is 7.56. The fourth-order valence-electron chi connectivity index (χ4n) is 2.50. The average Bonchev–Trinajstić information content (AvgIpc) is 2.38. The summed E-state index contributed by atoms with van der Waals surface area (Å²) in [5.41, 5.74) is 5.96. The topological polar surface area (TPSA) is 83.8 Å². The Morgan fingerprint density at radius 1 is 1.41 bits per heavy atom. The van der Waals surface area contributed by atoms with E-state index in [2.05, 4.69) is 15.3 Å². The van der Waals surface area contributed by atoms with Crippen molar-refractivity contribution >= 4 is 5.82 Å². The third kappa shape index (κ3) is 3.06. The average molecular weight is 236 g/mol. The van der Waals surface area contributed by atoms with Crippen molar-refractivity contribution in [3.05, 3.63) is 22.7 Å². The Kier molecular flexibility index (Phi) is 3.78. The number of aromatic nitrogens is 2. The zero-order chi connectivity index (χ0) is 12.1. The summed E-state index contributed by atoms with van der Waals surface area (Å²) in [6, 6.07) is 1.48. The Labute approximate surface area is 101 Å². The van der Waals surface area contributed by atoms with Gasteiger partial charge in [0.2, 0.25) is 0 Å². The lowest BCUT2D eigenvalue weighted by Gasteiger charge is -2.36. The molecule has 0 radical (unpaired) electrons. The van der Waals surface area contributed by atoms with Crippen LogP contribution in [0.5, 0.6) is 0 Å². The minimum atomic E-state index is -0.132. The third-order valence-corrected chi connectivity index (χ3v) is 3.67. The van der Waals surface area contributed by atoms with E-state index in [4.69, 9.17) is 5.73 Å². The maximum atomic E-state index is 11.1. The number of anilines is 1. The molecular formula is C12H20N4O. The molecule has 17 heavy (non-hydrogen) atoms. The van der Waals surface area contributed by atoms with Crippen LogP contribution in [0.2, 0.25) is 0 Å². The Balaban J connectivity index is 1.98. The number of hydrogen-bond acceptors (Lipinski definition) is 4. The van der Waals surface area contributed by atoms with Crippen molar-refractivity contribution in [3.63, 3.8) is 0 Å². The van der Waals surface area contributed by atoms with E-state index in [0.29, 0.717) is 12.4 Å². The van der Waals surface area contributed by atoms with Crippen molar-refractivity contribution in [2.45, 2.75) is 32.1 Å². The van der Waals surface area contributed by atoms with E-state index in [1.165, 1.54) is 44.5 Å². The molecular weight excluding hydrogens is 216 g/mol. The molecule has 1 aromatic heterocycles. The first-order chi connectivity index (χ1) is 8.24. The first-order valence-corrected chi connectivity index (χ1v) is 6.23. The summed E-state index contributed by atoms with van der Waals surface area (Å²) in [7, 11) is 0. The van der Waals surface area contributed by atoms with Crippen LogP contribution in [-0.2, 0) is 0 Å². The van der Waals surface area contributed by atoms with Crippen LogP contribution in [0.25, 0.3) is 0 Å². The summed E-state index contributed by atoms with van der Waals surface area (Å²) in [5.74, 6) is 0.632. The van der Waals surface area contributed by atoms with Gasteiger partial charge in [-0.3, -0.25) is 4.79 Å². The molecule has 1 aromatic rings. The lowest BCUT2D eigenvalue weighted by atomic mass is 9.74. The van der Waals surface area contributed by atoms with Crippen LogP contribution >= 0.6 is 0 Å². The van der Waals surface area contributed by atoms with Crippen LogP contribution < -0.4 is 16.6 Å². The predicted molar refractivity (Wildman–Crippen MR) is 67.9 cm³/mol. The first-order valence-electron chi connectivity index (χ1n) is 6.23. The molecule has 1 heterocycles. The zero-order valence-electron chi connectivity index (χ0n) is 10.0. The molecule has 0 aromatic carbocycles. The van der Waals surface area contributed by atoms with Gasteiger partial charge in [-0.2, -0.15) is 0 Å². The molecule has 1 aliphatic rings. The van der Waals surface area contributed by atoms with Crippen LogP contribution in [0, 0.1) is 5.41 Å². The Hall–Kier alpha value is -1.36. The molecule has 4 N–H and O–H groups in total. The number of hydrogen-bond donors (Lipinski definition) is 3. The smallest absolute Gasteiger partial charge is 0.252 e. The summed E-state index contributed by atoms with van der Waals surface area (Å²) in [5, 5.41) is 3.24. The predicted octanol–water partition coefficient (Wildman–Crippen LogP) is 1.09. The number of rotatable bonds is 4. The fourth-order valence-corrected chi connectivity index (χ4v) is 2.50. The lowest BCUT2D eigenvalue weighted by Crippen LogP contribution is -2.39. The Morgan fingerprint density at radius 3 is 2.82 bits per heavy atom. The van der Waals surface area contributed by atoms with Gasteiger partial charge >= 0.3 is 0 Å². The minimum Gasteiger partial charge on any atom is -0.369 e. The van der Waals surface area contributed by atoms with E-state index < -0.39 is 0 Å². The molecule has 1 aliphatic carbocycles. The van der Waals surface area contributed by atoms with E-state index in [9.17, 15) is 4.79 Å². The number of nitrogens with one attached hydrogen (secondary N) is 2. The van der Waals surface area contributed by atoms with Gasteiger partial charge in [-0.1, -0.05) is 19.3 Å². The van der Waals surface area contributed by atoms with Crippen LogP contribution in [0.4, 0.5) is 5.82 Å². The van der Waals surface area contributed by atoms with Gasteiger partial charge in [0.15, 0.2) is 0 Å². The van der Waals surface area contributed by atoms with Crippen molar-refractivity contribution < 1.29 is 0 Å². The van der Waals surface area contributed by atoms with Crippen molar-refractivity contribution in [1.29, 1.82) is 0 Å². The number of H-pyrrole nitrogens is 1. The molecule has 0 aliphatic heterocycles. The summed E-state index contributed by atoms with van der Waals surface area (Å²) < 4.78 is 0. The van der Waals surface area contributed by atoms with Gasteiger partial charge in [-0.15, -0.1) is 0 Å². The van der Waals surface area contributed by atoms with Gasteiger partial charge in [0.05, 0.1) is 6.33 Å². The minimum absolute atomic E-state index is 0.132. The number of nitrogens with two attached hydrogens (primary N) is 1. The highest BCUT2D eigenvalue weighted by Gasteiger charge is 2.30. The second-order valence-electron chi connectivity index (χ2n) is 4.91. The van der Waals surface area contributed by atoms with E-state index >= 15 is 0 Å². The maximum absolute atomic E-state index is 11.1. The number of aromatic amines is 1. The Morgan fingerprint density at radius 2 is 2.18 bits per heavy atom. The molecule has 5 nitrogen and oxygen atoms in total. The second kappa shape index (κ2) is 5.31. The van der Waals surface area contributed by atoms with E-state index in [0.717, 1.165) is 6.54 Å². The molecule has 0 atom stereocenters. The molecule has 94 valence electrons. The van der Waals surface area contributed by atoms with Crippen molar-refractivity contribution in [2.75, 3.05) is 18.4 Å². The lowest BCUT2D eigenvalue weighted by molar-refractivity contribution is 0.215. The van der Waals surface area contributed by atoms with Crippen molar-refractivity contribution in [1.82, 2.24) is 9.97 Å². The van der Waals surface area contributed by atoms with Crippen LogP contribution in [0.3, 0.4) is 0 Å². The van der Waals surface area contributed by atoms with Crippen molar-refractivity contribution in [3.8, 4) is 0 Å². The number of nitrogens with zero attached hydrogens (tertiary/aromatic N) is 1. The highest BCUT2D eigenvalue weighted by atomic mass is 16.1. The highest BCUT2D eigenvalue weighted by molar-refractivity contribution is 5.32. The quantitative estimate of drug-likeness (QED) is 0.730.